The van der Waals surface area contributed by atoms with Gasteiger partial charge in [-0.15, -0.1) is 0 Å². The van der Waals surface area contributed by atoms with Gasteiger partial charge in [0.15, 0.2) is 0 Å². The molecule has 0 aromatic heterocycles. The van der Waals surface area contributed by atoms with Gasteiger partial charge in [0.1, 0.15) is 0 Å². The Hall–Kier alpha value is -1.31. The Bertz CT molecular complexity index is 558. The molecule has 1 saturated heterocycles. The van der Waals surface area contributed by atoms with Crippen LogP contribution in [-0.2, 0) is 15.7 Å². The highest BCUT2D eigenvalue weighted by molar-refractivity contribution is 6.31. The number of halogens is 4. The number of anilines is 1. The monoisotopic (exact) mass is 336 g/mol. The summed E-state index contributed by atoms with van der Waals surface area (Å²) < 4.78 is 43.6. The molecule has 22 heavy (non-hydrogen) atoms. The number of hydrogen-bond donors (Lipinski definition) is 2. The number of nitrogens with one attached hydrogen (secondary N) is 2. The van der Waals surface area contributed by atoms with Crippen molar-refractivity contribution in [1.82, 2.24) is 5.32 Å². The number of carbonyl (C=O) groups excluding carboxylic acids is 1. The Balaban J connectivity index is 2.21. The van der Waals surface area contributed by atoms with Gasteiger partial charge in [-0.2, -0.15) is 13.2 Å². The van der Waals surface area contributed by atoms with Crippen molar-refractivity contribution in [2.75, 3.05) is 32.1 Å². The number of rotatable bonds is 4. The lowest BCUT2D eigenvalue weighted by atomic mass is 9.87. The van der Waals surface area contributed by atoms with Gasteiger partial charge in [-0.25, -0.2) is 0 Å². The summed E-state index contributed by atoms with van der Waals surface area (Å²) >= 11 is 5.56. The molecule has 0 radical (unpaired) electrons. The molecule has 2 N–H and O–H groups in total. The summed E-state index contributed by atoms with van der Waals surface area (Å²) in [4.78, 5) is 12.4. The second-order valence-corrected chi connectivity index (χ2v) is 5.69. The van der Waals surface area contributed by atoms with E-state index in [4.69, 9.17) is 16.3 Å². The zero-order valence-corrected chi connectivity index (χ0v) is 12.6. The number of methoxy groups -OCH3 is 1. The fourth-order valence-corrected chi connectivity index (χ4v) is 2.71. The van der Waals surface area contributed by atoms with Crippen molar-refractivity contribution in [3.63, 3.8) is 0 Å². The Morgan fingerprint density at radius 2 is 2.23 bits per heavy atom. The van der Waals surface area contributed by atoms with E-state index in [9.17, 15) is 18.0 Å². The summed E-state index contributed by atoms with van der Waals surface area (Å²) in [6.45, 7) is 1.28. The van der Waals surface area contributed by atoms with Crippen molar-refractivity contribution in [3.05, 3.63) is 28.8 Å². The number of amides is 1. The minimum absolute atomic E-state index is 0.0594. The van der Waals surface area contributed by atoms with Crippen LogP contribution in [0.1, 0.15) is 12.0 Å². The molecule has 1 atom stereocenters. The van der Waals surface area contributed by atoms with Crippen LogP contribution in [0, 0.1) is 5.41 Å². The van der Waals surface area contributed by atoms with E-state index in [-0.39, 0.29) is 18.2 Å². The Morgan fingerprint density at radius 1 is 1.50 bits per heavy atom. The maximum atomic E-state index is 12.8. The third kappa shape index (κ3) is 3.53. The molecule has 4 nitrogen and oxygen atoms in total. The third-order valence-electron chi connectivity index (χ3n) is 3.68. The van der Waals surface area contributed by atoms with Gasteiger partial charge < -0.3 is 15.4 Å². The number of carbonyl (C=O) groups is 1. The van der Waals surface area contributed by atoms with E-state index in [1.165, 1.54) is 13.2 Å². The molecular formula is C14H16ClF3N2O2. The summed E-state index contributed by atoms with van der Waals surface area (Å²) in [7, 11) is 1.48. The highest BCUT2D eigenvalue weighted by atomic mass is 35.5. The van der Waals surface area contributed by atoms with Crippen molar-refractivity contribution in [1.29, 1.82) is 0 Å². The molecule has 0 bridgehead atoms. The zero-order valence-electron chi connectivity index (χ0n) is 11.9. The molecule has 0 saturated carbocycles. The van der Waals surface area contributed by atoms with Crippen LogP contribution < -0.4 is 10.6 Å². The van der Waals surface area contributed by atoms with Gasteiger partial charge in [0.25, 0.3) is 0 Å². The maximum absolute atomic E-state index is 12.8. The van der Waals surface area contributed by atoms with Crippen molar-refractivity contribution < 1.29 is 22.7 Å². The summed E-state index contributed by atoms with van der Waals surface area (Å²) in [5, 5.41) is 5.20. The maximum Gasteiger partial charge on any atom is 0.417 e. The van der Waals surface area contributed by atoms with Gasteiger partial charge in [-0.3, -0.25) is 4.79 Å². The molecule has 1 aliphatic rings. The van der Waals surface area contributed by atoms with Crippen LogP contribution in [-0.4, -0.2) is 32.7 Å². The lowest BCUT2D eigenvalue weighted by Crippen LogP contribution is -2.41. The van der Waals surface area contributed by atoms with E-state index in [1.807, 2.05) is 0 Å². The molecule has 2 rings (SSSR count). The second kappa shape index (κ2) is 6.44. The van der Waals surface area contributed by atoms with Crippen molar-refractivity contribution in [2.24, 2.45) is 5.41 Å². The molecule has 0 aliphatic carbocycles. The Morgan fingerprint density at radius 3 is 2.77 bits per heavy atom. The first kappa shape index (κ1) is 17.1. The van der Waals surface area contributed by atoms with Crippen LogP contribution in [0.2, 0.25) is 5.02 Å². The van der Waals surface area contributed by atoms with E-state index < -0.39 is 22.2 Å². The largest absolute Gasteiger partial charge is 0.417 e. The van der Waals surface area contributed by atoms with Crippen molar-refractivity contribution >= 4 is 23.2 Å². The smallest absolute Gasteiger partial charge is 0.384 e. The van der Waals surface area contributed by atoms with Crippen LogP contribution in [0.5, 0.6) is 0 Å². The quantitative estimate of drug-likeness (QED) is 0.889. The average molecular weight is 337 g/mol. The number of benzene rings is 1. The predicted octanol–water partition coefficient (Wildman–Crippen LogP) is 2.92. The molecule has 122 valence electrons. The van der Waals surface area contributed by atoms with Crippen molar-refractivity contribution in [2.45, 2.75) is 12.6 Å². The molecule has 8 heteroatoms. The van der Waals surface area contributed by atoms with Gasteiger partial charge in [0.05, 0.1) is 22.6 Å². The predicted molar refractivity (Wildman–Crippen MR) is 76.9 cm³/mol. The van der Waals surface area contributed by atoms with E-state index in [2.05, 4.69) is 10.6 Å². The Labute approximate surface area is 131 Å². The highest BCUT2D eigenvalue weighted by Gasteiger charge is 2.41. The van der Waals surface area contributed by atoms with Gasteiger partial charge in [-0.05, 0) is 31.2 Å². The molecule has 1 unspecified atom stereocenters. The average Bonchev–Trinajstić information content (AvgIpc) is 2.90. The zero-order chi connectivity index (χ0) is 16.4. The molecule has 0 spiro atoms. The fraction of sp³-hybridized carbons (Fsp3) is 0.500. The van der Waals surface area contributed by atoms with E-state index in [0.717, 1.165) is 12.1 Å². The molecule has 1 fully saturated rings. The number of ether oxygens (including phenoxy) is 1. The van der Waals surface area contributed by atoms with Crippen molar-refractivity contribution in [3.8, 4) is 0 Å². The normalized spacial score (nSPS) is 21.9. The van der Waals surface area contributed by atoms with Crippen LogP contribution in [0.15, 0.2) is 18.2 Å². The van der Waals surface area contributed by atoms with Gasteiger partial charge >= 0.3 is 6.18 Å². The standard InChI is InChI=1S/C14H16ClF3N2O2/c1-22-8-13(4-5-19-7-13)12(21)20-9-2-3-11(15)10(6-9)14(16,17)18/h2-3,6,19H,4-5,7-8H2,1H3,(H,20,21). The molecular weight excluding hydrogens is 321 g/mol. The van der Waals surface area contributed by atoms with Gasteiger partial charge in [-0.1, -0.05) is 11.6 Å². The first-order valence-corrected chi connectivity index (χ1v) is 7.04. The topological polar surface area (TPSA) is 50.4 Å². The Kier molecular flexibility index (Phi) is 4.99. The summed E-state index contributed by atoms with van der Waals surface area (Å²) in [5.41, 5.74) is -1.69. The molecule has 1 aromatic carbocycles. The van der Waals surface area contributed by atoms with Gasteiger partial charge in [0.2, 0.25) is 5.91 Å². The summed E-state index contributed by atoms with van der Waals surface area (Å²) in [5.74, 6) is -0.366. The minimum atomic E-state index is -4.57. The summed E-state index contributed by atoms with van der Waals surface area (Å²) in [6, 6.07) is 3.30. The minimum Gasteiger partial charge on any atom is -0.384 e. The SMILES string of the molecule is COCC1(C(=O)Nc2ccc(Cl)c(C(F)(F)F)c2)CCNC1. The first-order valence-electron chi connectivity index (χ1n) is 6.66. The lowest BCUT2D eigenvalue weighted by Gasteiger charge is -2.26. The fourth-order valence-electron chi connectivity index (χ4n) is 2.49. The first-order chi connectivity index (χ1) is 10.3. The van der Waals surface area contributed by atoms with E-state index >= 15 is 0 Å². The van der Waals surface area contributed by atoms with Crippen LogP contribution in [0.4, 0.5) is 18.9 Å². The summed E-state index contributed by atoms with van der Waals surface area (Å²) in [6.07, 6.45) is -4.01. The molecule has 1 amide bonds. The molecule has 1 aliphatic heterocycles. The van der Waals surface area contributed by atoms with Crippen LogP contribution in [0.3, 0.4) is 0 Å². The second-order valence-electron chi connectivity index (χ2n) is 5.29. The molecule has 1 aromatic rings. The third-order valence-corrected chi connectivity index (χ3v) is 4.01. The number of alkyl halides is 3. The van der Waals surface area contributed by atoms with Crippen LogP contribution in [0.25, 0.3) is 0 Å². The number of hydrogen-bond acceptors (Lipinski definition) is 3. The van der Waals surface area contributed by atoms with Crippen LogP contribution >= 0.6 is 11.6 Å². The highest BCUT2D eigenvalue weighted by Crippen LogP contribution is 2.36. The van der Waals surface area contributed by atoms with Gasteiger partial charge in [0, 0.05) is 19.3 Å². The van der Waals surface area contributed by atoms with E-state index in [1.54, 1.807) is 0 Å². The molecule has 1 heterocycles. The van der Waals surface area contributed by atoms with E-state index in [0.29, 0.717) is 19.5 Å². The lowest BCUT2D eigenvalue weighted by molar-refractivity contribution is -0.137.